The highest BCUT2D eigenvalue weighted by atomic mass is 35.5. The van der Waals surface area contributed by atoms with Gasteiger partial charge in [-0.15, -0.1) is 12.4 Å². The van der Waals surface area contributed by atoms with Gasteiger partial charge in [0.05, 0.1) is 5.92 Å². The number of likely N-dealkylation sites (tertiary alicyclic amines) is 1. The molecule has 1 atom stereocenters. The van der Waals surface area contributed by atoms with Crippen molar-refractivity contribution in [3.8, 4) is 0 Å². The minimum absolute atomic E-state index is 0. The molecular formula is C17H26ClN3O2. The maximum atomic E-state index is 12.6. The first-order valence-electron chi connectivity index (χ1n) is 8.01. The largest absolute Gasteiger partial charge is 0.355 e. The maximum Gasteiger partial charge on any atom is 0.253 e. The SMILES string of the molecule is CCc1ccc(C(=O)N2CCCC(C(=O)NCCN)C2)cc1.Cl. The average molecular weight is 340 g/mol. The first kappa shape index (κ1) is 19.5. The molecule has 1 aliphatic heterocycles. The lowest BCUT2D eigenvalue weighted by Crippen LogP contribution is -2.46. The molecular weight excluding hydrogens is 314 g/mol. The van der Waals surface area contributed by atoms with E-state index in [0.717, 1.165) is 25.8 Å². The lowest BCUT2D eigenvalue weighted by atomic mass is 9.96. The van der Waals surface area contributed by atoms with Crippen LogP contribution in [0.15, 0.2) is 24.3 Å². The Balaban J connectivity index is 0.00000264. The second-order valence-electron chi connectivity index (χ2n) is 5.72. The topological polar surface area (TPSA) is 75.4 Å². The molecule has 128 valence electrons. The van der Waals surface area contributed by atoms with Crippen LogP contribution in [0.1, 0.15) is 35.7 Å². The molecule has 1 aliphatic rings. The molecule has 23 heavy (non-hydrogen) atoms. The van der Waals surface area contributed by atoms with E-state index in [1.807, 2.05) is 24.3 Å². The van der Waals surface area contributed by atoms with E-state index in [1.54, 1.807) is 4.90 Å². The summed E-state index contributed by atoms with van der Waals surface area (Å²) in [6.07, 6.45) is 2.65. The van der Waals surface area contributed by atoms with Crippen LogP contribution in [0.2, 0.25) is 0 Å². The van der Waals surface area contributed by atoms with Gasteiger partial charge < -0.3 is 16.0 Å². The first-order valence-corrected chi connectivity index (χ1v) is 8.01. The molecule has 1 unspecified atom stereocenters. The average Bonchev–Trinajstić information content (AvgIpc) is 2.59. The zero-order chi connectivity index (χ0) is 15.9. The van der Waals surface area contributed by atoms with Crippen molar-refractivity contribution in [1.29, 1.82) is 0 Å². The minimum atomic E-state index is -0.126. The lowest BCUT2D eigenvalue weighted by Gasteiger charge is -2.32. The number of benzene rings is 1. The Bertz CT molecular complexity index is 519. The number of halogens is 1. The Labute approximate surface area is 144 Å². The van der Waals surface area contributed by atoms with E-state index in [-0.39, 0.29) is 30.1 Å². The number of carbonyl (C=O) groups excluding carboxylic acids is 2. The molecule has 6 heteroatoms. The Morgan fingerprint density at radius 3 is 2.61 bits per heavy atom. The second kappa shape index (κ2) is 9.53. The summed E-state index contributed by atoms with van der Waals surface area (Å²) < 4.78 is 0. The Hall–Kier alpha value is -1.59. The van der Waals surface area contributed by atoms with E-state index < -0.39 is 0 Å². The molecule has 2 rings (SSSR count). The summed E-state index contributed by atoms with van der Waals surface area (Å²) in [6.45, 7) is 4.22. The van der Waals surface area contributed by atoms with Crippen LogP contribution in [0.4, 0.5) is 0 Å². The van der Waals surface area contributed by atoms with Crippen LogP contribution >= 0.6 is 12.4 Å². The number of nitrogens with one attached hydrogen (secondary N) is 1. The molecule has 0 aliphatic carbocycles. The predicted octanol–water partition coefficient (Wildman–Crippen LogP) is 1.60. The summed E-state index contributed by atoms with van der Waals surface area (Å²) in [5.74, 6) is -0.109. The molecule has 0 saturated carbocycles. The molecule has 0 aromatic heterocycles. The first-order chi connectivity index (χ1) is 10.7. The highest BCUT2D eigenvalue weighted by molar-refractivity contribution is 5.94. The lowest BCUT2D eigenvalue weighted by molar-refractivity contribution is -0.126. The summed E-state index contributed by atoms with van der Waals surface area (Å²) >= 11 is 0. The number of nitrogens with zero attached hydrogens (tertiary/aromatic N) is 1. The van der Waals surface area contributed by atoms with Crippen molar-refractivity contribution >= 4 is 24.2 Å². The summed E-state index contributed by atoms with van der Waals surface area (Å²) in [7, 11) is 0. The predicted molar refractivity (Wildman–Crippen MR) is 93.8 cm³/mol. The molecule has 1 aromatic carbocycles. The van der Waals surface area contributed by atoms with Crippen LogP contribution < -0.4 is 11.1 Å². The normalized spacial score (nSPS) is 17.3. The third kappa shape index (κ3) is 5.22. The monoisotopic (exact) mass is 339 g/mol. The zero-order valence-electron chi connectivity index (χ0n) is 13.6. The summed E-state index contributed by atoms with van der Waals surface area (Å²) in [5, 5.41) is 2.81. The quantitative estimate of drug-likeness (QED) is 0.855. The van der Waals surface area contributed by atoms with Crippen LogP contribution in [0.25, 0.3) is 0 Å². The van der Waals surface area contributed by atoms with Crippen molar-refractivity contribution < 1.29 is 9.59 Å². The minimum Gasteiger partial charge on any atom is -0.355 e. The van der Waals surface area contributed by atoms with Gasteiger partial charge in [0.25, 0.3) is 5.91 Å². The molecule has 1 aromatic rings. The van der Waals surface area contributed by atoms with Crippen LogP contribution in [0.3, 0.4) is 0 Å². The van der Waals surface area contributed by atoms with Crippen LogP contribution in [-0.2, 0) is 11.2 Å². The molecule has 2 amide bonds. The van der Waals surface area contributed by atoms with Gasteiger partial charge in [-0.1, -0.05) is 19.1 Å². The van der Waals surface area contributed by atoms with Gasteiger partial charge in [-0.3, -0.25) is 9.59 Å². The summed E-state index contributed by atoms with van der Waals surface area (Å²) in [4.78, 5) is 26.4. The van der Waals surface area contributed by atoms with E-state index in [2.05, 4.69) is 12.2 Å². The van der Waals surface area contributed by atoms with Gasteiger partial charge in [0.2, 0.25) is 5.91 Å². The van der Waals surface area contributed by atoms with Crippen molar-refractivity contribution in [1.82, 2.24) is 10.2 Å². The molecule has 0 spiro atoms. The van der Waals surface area contributed by atoms with Crippen LogP contribution in [-0.4, -0.2) is 42.9 Å². The number of aryl methyl sites for hydroxylation is 1. The van der Waals surface area contributed by atoms with Crippen molar-refractivity contribution in [3.63, 3.8) is 0 Å². The number of rotatable bonds is 5. The molecule has 5 nitrogen and oxygen atoms in total. The highest BCUT2D eigenvalue weighted by Crippen LogP contribution is 2.19. The smallest absolute Gasteiger partial charge is 0.253 e. The molecule has 3 N–H and O–H groups in total. The van der Waals surface area contributed by atoms with E-state index in [0.29, 0.717) is 25.2 Å². The number of hydrogen-bond donors (Lipinski definition) is 2. The van der Waals surface area contributed by atoms with Crippen LogP contribution in [0.5, 0.6) is 0 Å². The molecule has 0 bridgehead atoms. The van der Waals surface area contributed by atoms with Crippen LogP contribution in [0, 0.1) is 5.92 Å². The fraction of sp³-hybridized carbons (Fsp3) is 0.529. The summed E-state index contributed by atoms with van der Waals surface area (Å²) in [5.41, 5.74) is 7.31. The Morgan fingerprint density at radius 1 is 1.30 bits per heavy atom. The van der Waals surface area contributed by atoms with E-state index in [4.69, 9.17) is 5.73 Å². The number of piperidine rings is 1. The number of hydrogen-bond acceptors (Lipinski definition) is 3. The third-order valence-electron chi connectivity index (χ3n) is 4.13. The van der Waals surface area contributed by atoms with Gasteiger partial charge in [-0.05, 0) is 37.0 Å². The number of carbonyl (C=O) groups is 2. The molecule has 1 fully saturated rings. The van der Waals surface area contributed by atoms with E-state index >= 15 is 0 Å². The fourth-order valence-corrected chi connectivity index (χ4v) is 2.78. The Kier molecular flexibility index (Phi) is 8.06. The standard InChI is InChI=1S/C17H25N3O2.ClH/c1-2-13-5-7-14(8-6-13)17(22)20-11-3-4-15(12-20)16(21)19-10-9-18;/h5-8,15H,2-4,9-12,18H2,1H3,(H,19,21);1H. The van der Waals surface area contributed by atoms with Crippen molar-refractivity contribution in [2.24, 2.45) is 11.7 Å². The molecule has 0 radical (unpaired) electrons. The highest BCUT2D eigenvalue weighted by Gasteiger charge is 2.28. The third-order valence-corrected chi connectivity index (χ3v) is 4.13. The second-order valence-corrected chi connectivity index (χ2v) is 5.72. The fourth-order valence-electron chi connectivity index (χ4n) is 2.78. The summed E-state index contributed by atoms with van der Waals surface area (Å²) in [6, 6.07) is 7.73. The van der Waals surface area contributed by atoms with Crippen molar-refractivity contribution in [3.05, 3.63) is 35.4 Å². The van der Waals surface area contributed by atoms with Crippen molar-refractivity contribution in [2.75, 3.05) is 26.2 Å². The van der Waals surface area contributed by atoms with Crippen molar-refractivity contribution in [2.45, 2.75) is 26.2 Å². The Morgan fingerprint density at radius 2 is 2.00 bits per heavy atom. The number of nitrogens with two attached hydrogens (primary N) is 1. The van der Waals surface area contributed by atoms with Gasteiger partial charge in [0.15, 0.2) is 0 Å². The van der Waals surface area contributed by atoms with Gasteiger partial charge in [0.1, 0.15) is 0 Å². The maximum absolute atomic E-state index is 12.6. The molecule has 1 heterocycles. The molecule has 1 saturated heterocycles. The van der Waals surface area contributed by atoms with Gasteiger partial charge in [-0.25, -0.2) is 0 Å². The van der Waals surface area contributed by atoms with E-state index in [9.17, 15) is 9.59 Å². The van der Waals surface area contributed by atoms with E-state index in [1.165, 1.54) is 5.56 Å². The van der Waals surface area contributed by atoms with Gasteiger partial charge in [0, 0.05) is 31.7 Å². The zero-order valence-corrected chi connectivity index (χ0v) is 14.4. The van der Waals surface area contributed by atoms with Gasteiger partial charge >= 0.3 is 0 Å². The number of amides is 2. The van der Waals surface area contributed by atoms with Gasteiger partial charge in [-0.2, -0.15) is 0 Å².